The number of ether oxygens (including phenoxy) is 2. The monoisotopic (exact) mass is 792 g/mol. The van der Waals surface area contributed by atoms with Crippen molar-refractivity contribution in [2.24, 2.45) is 29.1 Å². The van der Waals surface area contributed by atoms with Crippen molar-refractivity contribution >= 4 is 29.4 Å². The predicted octanol–water partition coefficient (Wildman–Crippen LogP) is 5.76. The molecule has 0 saturated carbocycles. The lowest BCUT2D eigenvalue weighted by atomic mass is 9.80. The molecule has 0 radical (unpaired) electrons. The van der Waals surface area contributed by atoms with Crippen LogP contribution in [0.25, 0.3) is 0 Å². The minimum absolute atomic E-state index is 0. The molecule has 324 valence electrons. The highest BCUT2D eigenvalue weighted by molar-refractivity contribution is 5.93. The van der Waals surface area contributed by atoms with Gasteiger partial charge >= 0.3 is 0 Å². The van der Waals surface area contributed by atoms with E-state index in [1.165, 1.54) is 0 Å². The fourth-order valence-electron chi connectivity index (χ4n) is 8.06. The number of hydrogen-bond acceptors (Lipinski definition) is 8. The third-order valence-corrected chi connectivity index (χ3v) is 12.2. The van der Waals surface area contributed by atoms with Crippen LogP contribution in [0.4, 0.5) is 0 Å². The van der Waals surface area contributed by atoms with E-state index in [0.717, 1.165) is 18.4 Å². The van der Waals surface area contributed by atoms with Crippen LogP contribution >= 0.6 is 0 Å². The molecule has 1 fully saturated rings. The van der Waals surface area contributed by atoms with E-state index in [1.807, 2.05) is 92.6 Å². The minimum Gasteiger partial charge on any atom is -0.379 e. The van der Waals surface area contributed by atoms with E-state index in [-0.39, 0.29) is 63.9 Å². The second kappa shape index (κ2) is 22.6. The molecular weight excluding hydrogens is 711 g/mol. The number of carbonyl (C=O) groups is 5. The molecule has 0 bridgehead atoms. The van der Waals surface area contributed by atoms with Gasteiger partial charge in [0.15, 0.2) is 5.78 Å². The molecule has 1 aromatic rings. The second-order valence-corrected chi connectivity index (χ2v) is 17.2. The number of hydrogen-bond donors (Lipinski definition) is 3. The molecule has 1 heterocycles. The van der Waals surface area contributed by atoms with Gasteiger partial charge in [0.2, 0.25) is 23.6 Å². The summed E-state index contributed by atoms with van der Waals surface area (Å²) >= 11 is 0. The standard InChI is InChI=1S/C44H75N5O7.3H2/c1-15-29(7)38(48(12)43(54)37(28(5)6)47-42(53)36(45-11)27(3)4)34(55-13)26-35(50)49-24-20-23-33(49)39(56-14)30(8)41(52)46-32(40(51)44(9,10)16-2)25-31-21-18-17-19-22-31;;;/h17-19,21-22,27-30,32-34,36-39,45H,15-16,20,23-26H2,1-14H3,(H,46,52)(H,47,53);3*1H. The molecule has 12 heteroatoms. The number of ketones is 1. The first-order valence-corrected chi connectivity index (χ1v) is 20.8. The van der Waals surface area contributed by atoms with E-state index >= 15 is 0 Å². The van der Waals surface area contributed by atoms with Crippen LogP contribution in [-0.2, 0) is 39.9 Å². The van der Waals surface area contributed by atoms with E-state index in [2.05, 4.69) is 16.0 Å². The molecule has 56 heavy (non-hydrogen) atoms. The van der Waals surface area contributed by atoms with Gasteiger partial charge in [-0.15, -0.1) is 0 Å². The van der Waals surface area contributed by atoms with Crippen molar-refractivity contribution in [3.8, 4) is 0 Å². The number of nitrogens with one attached hydrogen (secondary N) is 3. The summed E-state index contributed by atoms with van der Waals surface area (Å²) in [5.74, 6) is -1.79. The van der Waals surface area contributed by atoms with Crippen molar-refractivity contribution in [3.05, 3.63) is 35.9 Å². The topological polar surface area (TPSA) is 146 Å². The number of benzene rings is 1. The smallest absolute Gasteiger partial charge is 0.245 e. The van der Waals surface area contributed by atoms with Gasteiger partial charge < -0.3 is 35.2 Å². The van der Waals surface area contributed by atoms with Gasteiger partial charge in [-0.2, -0.15) is 0 Å². The molecule has 0 aromatic heterocycles. The van der Waals surface area contributed by atoms with Crippen molar-refractivity contribution in [1.82, 2.24) is 25.8 Å². The number of Topliss-reactive ketones (excluding diaryl/α,β-unsaturated/α-hetero) is 1. The zero-order valence-corrected chi connectivity index (χ0v) is 36.9. The largest absolute Gasteiger partial charge is 0.379 e. The molecule has 1 aromatic carbocycles. The number of likely N-dealkylation sites (N-methyl/N-ethyl adjacent to an activating group) is 2. The van der Waals surface area contributed by atoms with Crippen LogP contribution < -0.4 is 16.0 Å². The Morgan fingerprint density at radius 3 is 2.02 bits per heavy atom. The second-order valence-electron chi connectivity index (χ2n) is 17.2. The molecule has 1 saturated heterocycles. The summed E-state index contributed by atoms with van der Waals surface area (Å²) in [5, 5.41) is 9.12. The quantitative estimate of drug-likeness (QED) is 0.127. The zero-order chi connectivity index (χ0) is 42.5. The number of amides is 4. The van der Waals surface area contributed by atoms with E-state index < -0.39 is 47.7 Å². The fraction of sp³-hybridized carbons (Fsp3) is 0.750. The van der Waals surface area contributed by atoms with Gasteiger partial charge in [-0.3, -0.25) is 24.0 Å². The van der Waals surface area contributed by atoms with Crippen LogP contribution in [0.2, 0.25) is 0 Å². The first kappa shape index (κ1) is 48.8. The summed E-state index contributed by atoms with van der Waals surface area (Å²) in [6.07, 6.45) is 1.91. The maximum absolute atomic E-state index is 14.3. The van der Waals surface area contributed by atoms with Crippen molar-refractivity contribution in [1.29, 1.82) is 0 Å². The predicted molar refractivity (Wildman–Crippen MR) is 228 cm³/mol. The Morgan fingerprint density at radius 2 is 1.52 bits per heavy atom. The number of likely N-dealkylation sites (tertiary alicyclic amines) is 1. The van der Waals surface area contributed by atoms with Gasteiger partial charge in [0.1, 0.15) is 6.04 Å². The number of methoxy groups -OCH3 is 2. The average molecular weight is 792 g/mol. The minimum atomic E-state index is -0.768. The molecule has 0 spiro atoms. The van der Waals surface area contributed by atoms with Crippen molar-refractivity contribution in [2.75, 3.05) is 34.9 Å². The molecule has 4 amide bonds. The Kier molecular flexibility index (Phi) is 19.7. The number of carbonyl (C=O) groups excluding carboxylic acids is 5. The average Bonchev–Trinajstić information content (AvgIpc) is 3.65. The van der Waals surface area contributed by atoms with Crippen LogP contribution in [-0.4, -0.2) is 116 Å². The van der Waals surface area contributed by atoms with E-state index in [0.29, 0.717) is 25.8 Å². The highest BCUT2D eigenvalue weighted by atomic mass is 16.5. The summed E-state index contributed by atoms with van der Waals surface area (Å²) in [5.41, 5.74) is 0.331. The first-order valence-electron chi connectivity index (χ1n) is 20.8. The summed E-state index contributed by atoms with van der Waals surface area (Å²) in [6, 6.07) is 6.90. The van der Waals surface area contributed by atoms with E-state index in [4.69, 9.17) is 9.47 Å². The first-order chi connectivity index (χ1) is 26.3. The van der Waals surface area contributed by atoms with Crippen LogP contribution in [0, 0.1) is 29.1 Å². The highest BCUT2D eigenvalue weighted by Gasteiger charge is 2.44. The Bertz CT molecular complexity index is 1440. The van der Waals surface area contributed by atoms with Crippen LogP contribution in [0.3, 0.4) is 0 Å². The Morgan fingerprint density at radius 1 is 0.911 bits per heavy atom. The van der Waals surface area contributed by atoms with E-state index in [9.17, 15) is 24.0 Å². The summed E-state index contributed by atoms with van der Waals surface area (Å²) in [4.78, 5) is 72.9. The molecule has 9 unspecified atom stereocenters. The summed E-state index contributed by atoms with van der Waals surface area (Å²) in [7, 11) is 6.58. The molecule has 1 aliphatic heterocycles. The normalized spacial score (nSPS) is 19.1. The van der Waals surface area contributed by atoms with E-state index in [1.54, 1.807) is 45.0 Å². The molecule has 0 aliphatic carbocycles. The van der Waals surface area contributed by atoms with Gasteiger partial charge in [-0.05, 0) is 56.0 Å². The van der Waals surface area contributed by atoms with Gasteiger partial charge in [0.05, 0.1) is 48.7 Å². The van der Waals surface area contributed by atoms with Gasteiger partial charge in [0, 0.05) is 37.5 Å². The molecule has 1 aliphatic rings. The van der Waals surface area contributed by atoms with Crippen LogP contribution in [0.5, 0.6) is 0 Å². The van der Waals surface area contributed by atoms with Crippen LogP contribution in [0.1, 0.15) is 111 Å². The molecule has 12 nitrogen and oxygen atoms in total. The molecule has 3 N–H and O–H groups in total. The number of rotatable bonds is 23. The highest BCUT2D eigenvalue weighted by Crippen LogP contribution is 2.30. The number of nitrogens with zero attached hydrogens (tertiary/aromatic N) is 2. The molecule has 2 rings (SSSR count). The summed E-state index contributed by atoms with van der Waals surface area (Å²) in [6.45, 7) is 19.9. The lowest BCUT2D eigenvalue weighted by Gasteiger charge is -2.41. The van der Waals surface area contributed by atoms with Crippen molar-refractivity contribution < 1.29 is 37.7 Å². The Hall–Kier alpha value is -3.35. The van der Waals surface area contributed by atoms with Crippen LogP contribution in [0.15, 0.2) is 30.3 Å². The maximum Gasteiger partial charge on any atom is 0.245 e. The maximum atomic E-state index is 14.3. The lowest BCUT2D eigenvalue weighted by molar-refractivity contribution is -0.148. The molecule has 9 atom stereocenters. The van der Waals surface area contributed by atoms with Crippen molar-refractivity contribution in [2.45, 2.75) is 150 Å². The van der Waals surface area contributed by atoms with Gasteiger partial charge in [-0.25, -0.2) is 0 Å². The van der Waals surface area contributed by atoms with Gasteiger partial charge in [-0.1, -0.05) is 106 Å². The SMILES string of the molecule is CCC(C)C(C(CC(=O)N1CCCC1C(OC)C(C)C(=O)NC(Cc1ccccc1)C(=O)C(C)(C)CC)OC)N(C)C(=O)C(NC(=O)C(NC)C(C)C)C(C)C.[HH].[HH].[HH]. The zero-order valence-electron chi connectivity index (χ0n) is 36.9. The Balaban J connectivity index is 0. The molecular formula is C44H81N5O7. The summed E-state index contributed by atoms with van der Waals surface area (Å²) < 4.78 is 12.0. The fourth-order valence-corrected chi connectivity index (χ4v) is 8.06. The third kappa shape index (κ3) is 12.6. The van der Waals surface area contributed by atoms with Crippen molar-refractivity contribution in [3.63, 3.8) is 0 Å². The third-order valence-electron chi connectivity index (χ3n) is 12.2. The Labute approximate surface area is 342 Å². The van der Waals surface area contributed by atoms with Gasteiger partial charge in [0.25, 0.3) is 0 Å². The lowest BCUT2D eigenvalue weighted by Crippen LogP contribution is -2.59.